The Bertz CT molecular complexity index is 737. The van der Waals surface area contributed by atoms with Crippen LogP contribution in [0, 0.1) is 5.92 Å². The summed E-state index contributed by atoms with van der Waals surface area (Å²) in [5.41, 5.74) is 1.33. The van der Waals surface area contributed by atoms with Crippen LogP contribution in [0.3, 0.4) is 0 Å². The topological polar surface area (TPSA) is 100 Å². The fourth-order valence-electron chi connectivity index (χ4n) is 2.09. The van der Waals surface area contributed by atoms with Crippen LogP contribution in [0.15, 0.2) is 47.1 Å². The van der Waals surface area contributed by atoms with E-state index in [0.29, 0.717) is 24.3 Å². The van der Waals surface area contributed by atoms with Gasteiger partial charge < -0.3 is 20.4 Å². The molecule has 138 valence electrons. The van der Waals surface area contributed by atoms with E-state index < -0.39 is 0 Å². The van der Waals surface area contributed by atoms with Crippen LogP contribution in [-0.2, 0) is 9.59 Å². The molecular formula is C19H23N3O4. The molecule has 0 aliphatic rings. The highest BCUT2D eigenvalue weighted by Gasteiger charge is 2.09. The number of amides is 3. The van der Waals surface area contributed by atoms with Crippen LogP contribution in [0.2, 0.25) is 0 Å². The quantitative estimate of drug-likeness (QED) is 0.632. The largest absolute Gasteiger partial charge is 0.459 e. The second-order valence-electron chi connectivity index (χ2n) is 6.11. The Morgan fingerprint density at radius 1 is 1.00 bits per heavy atom. The van der Waals surface area contributed by atoms with Crippen molar-refractivity contribution in [3.8, 4) is 0 Å². The first-order valence-electron chi connectivity index (χ1n) is 8.48. The van der Waals surface area contributed by atoms with Crippen molar-refractivity contribution in [3.05, 3.63) is 48.4 Å². The van der Waals surface area contributed by atoms with E-state index in [2.05, 4.69) is 16.0 Å². The van der Waals surface area contributed by atoms with Gasteiger partial charge in [0.15, 0.2) is 5.76 Å². The first kappa shape index (κ1) is 19.2. The number of rotatable bonds is 8. The maximum Gasteiger partial charge on any atom is 0.286 e. The van der Waals surface area contributed by atoms with Gasteiger partial charge in [0.25, 0.3) is 5.91 Å². The fourth-order valence-corrected chi connectivity index (χ4v) is 2.09. The highest BCUT2D eigenvalue weighted by molar-refractivity contribution is 5.94. The molecule has 0 spiro atoms. The number of hydrogen-bond acceptors (Lipinski definition) is 4. The smallest absolute Gasteiger partial charge is 0.286 e. The monoisotopic (exact) mass is 357 g/mol. The third-order valence-corrected chi connectivity index (χ3v) is 3.57. The van der Waals surface area contributed by atoms with E-state index in [1.807, 2.05) is 13.8 Å². The zero-order chi connectivity index (χ0) is 18.9. The molecule has 0 fully saturated rings. The van der Waals surface area contributed by atoms with Crippen molar-refractivity contribution in [2.45, 2.75) is 26.7 Å². The molecule has 3 N–H and O–H groups in total. The van der Waals surface area contributed by atoms with Crippen LogP contribution < -0.4 is 16.0 Å². The van der Waals surface area contributed by atoms with Gasteiger partial charge in [-0.05, 0) is 42.8 Å². The zero-order valence-electron chi connectivity index (χ0n) is 14.9. The highest BCUT2D eigenvalue weighted by Crippen LogP contribution is 2.14. The van der Waals surface area contributed by atoms with E-state index in [1.165, 1.54) is 6.26 Å². The Hall–Kier alpha value is -3.09. The summed E-state index contributed by atoms with van der Waals surface area (Å²) in [6.45, 7) is 4.02. The molecule has 0 saturated carbocycles. The first-order chi connectivity index (χ1) is 12.5. The minimum absolute atomic E-state index is 0.0571. The van der Waals surface area contributed by atoms with Gasteiger partial charge in [-0.15, -0.1) is 0 Å². The predicted octanol–water partition coefficient (Wildman–Crippen LogP) is 3.02. The second kappa shape index (κ2) is 9.41. The molecule has 0 unspecified atom stereocenters. The molecule has 26 heavy (non-hydrogen) atoms. The summed E-state index contributed by atoms with van der Waals surface area (Å²) in [6.07, 6.45) is 2.23. The van der Waals surface area contributed by atoms with Crippen molar-refractivity contribution < 1.29 is 18.8 Å². The van der Waals surface area contributed by atoms with E-state index in [-0.39, 0.29) is 35.8 Å². The number of nitrogens with one attached hydrogen (secondary N) is 3. The summed E-state index contributed by atoms with van der Waals surface area (Å²) in [4.78, 5) is 35.2. The SMILES string of the molecule is CC(C)C(=O)Nc1ccc(NC(=O)CCCNC(=O)c2ccco2)cc1. The molecule has 0 saturated heterocycles. The van der Waals surface area contributed by atoms with Crippen LogP contribution >= 0.6 is 0 Å². The lowest BCUT2D eigenvalue weighted by atomic mass is 10.2. The Morgan fingerprint density at radius 2 is 1.65 bits per heavy atom. The van der Waals surface area contributed by atoms with Crippen molar-refractivity contribution in [3.63, 3.8) is 0 Å². The Morgan fingerprint density at radius 3 is 2.23 bits per heavy atom. The third-order valence-electron chi connectivity index (χ3n) is 3.57. The van der Waals surface area contributed by atoms with E-state index in [4.69, 9.17) is 4.42 Å². The van der Waals surface area contributed by atoms with Gasteiger partial charge in [-0.1, -0.05) is 13.8 Å². The van der Waals surface area contributed by atoms with Crippen molar-refractivity contribution in [2.24, 2.45) is 5.92 Å². The molecule has 0 radical (unpaired) electrons. The lowest BCUT2D eigenvalue weighted by Gasteiger charge is -2.09. The number of carbonyl (C=O) groups excluding carboxylic acids is 3. The van der Waals surface area contributed by atoms with Crippen molar-refractivity contribution in [1.29, 1.82) is 0 Å². The summed E-state index contributed by atoms with van der Waals surface area (Å²) >= 11 is 0. The number of furan rings is 1. The molecule has 2 rings (SSSR count). The zero-order valence-corrected chi connectivity index (χ0v) is 14.9. The molecule has 7 heteroatoms. The number of hydrogen-bond donors (Lipinski definition) is 3. The average Bonchev–Trinajstić information content (AvgIpc) is 3.15. The normalized spacial score (nSPS) is 10.4. The predicted molar refractivity (Wildman–Crippen MR) is 98.8 cm³/mol. The maximum atomic E-state index is 11.9. The van der Waals surface area contributed by atoms with Crippen LogP contribution in [0.1, 0.15) is 37.2 Å². The van der Waals surface area contributed by atoms with Crippen LogP contribution in [0.25, 0.3) is 0 Å². The number of carbonyl (C=O) groups is 3. The molecule has 7 nitrogen and oxygen atoms in total. The van der Waals surface area contributed by atoms with Crippen LogP contribution in [0.5, 0.6) is 0 Å². The summed E-state index contributed by atoms with van der Waals surface area (Å²) in [5.74, 6) is -0.342. The molecule has 3 amide bonds. The fraction of sp³-hybridized carbons (Fsp3) is 0.316. The minimum Gasteiger partial charge on any atom is -0.459 e. The molecule has 2 aromatic rings. The van der Waals surface area contributed by atoms with E-state index in [1.54, 1.807) is 36.4 Å². The van der Waals surface area contributed by atoms with Gasteiger partial charge in [0, 0.05) is 30.3 Å². The van der Waals surface area contributed by atoms with Crippen molar-refractivity contribution >= 4 is 29.1 Å². The number of anilines is 2. The standard InChI is InChI=1S/C19H23N3O4/c1-13(2)18(24)22-15-9-7-14(8-10-15)21-17(23)6-3-11-20-19(25)16-5-4-12-26-16/h4-5,7-10,12-13H,3,6,11H2,1-2H3,(H,20,25)(H,21,23)(H,22,24). The van der Waals surface area contributed by atoms with Crippen molar-refractivity contribution in [1.82, 2.24) is 5.32 Å². The Kier molecular flexibility index (Phi) is 6.96. The Labute approximate surface area is 152 Å². The van der Waals surface area contributed by atoms with E-state index in [9.17, 15) is 14.4 Å². The maximum absolute atomic E-state index is 11.9. The minimum atomic E-state index is -0.297. The molecular weight excluding hydrogens is 334 g/mol. The molecule has 1 heterocycles. The second-order valence-corrected chi connectivity index (χ2v) is 6.11. The molecule has 1 aromatic carbocycles. The van der Waals surface area contributed by atoms with E-state index in [0.717, 1.165) is 0 Å². The third kappa shape index (κ3) is 6.08. The lowest BCUT2D eigenvalue weighted by Crippen LogP contribution is -2.25. The van der Waals surface area contributed by atoms with Gasteiger partial charge in [0.2, 0.25) is 11.8 Å². The first-order valence-corrected chi connectivity index (χ1v) is 8.48. The Balaban J connectivity index is 1.69. The summed E-state index contributed by atoms with van der Waals surface area (Å²) < 4.78 is 4.98. The average molecular weight is 357 g/mol. The summed E-state index contributed by atoms with van der Waals surface area (Å²) in [6, 6.07) is 10.1. The summed E-state index contributed by atoms with van der Waals surface area (Å²) in [5, 5.41) is 8.25. The van der Waals surface area contributed by atoms with Gasteiger partial charge in [-0.25, -0.2) is 0 Å². The van der Waals surface area contributed by atoms with E-state index >= 15 is 0 Å². The van der Waals surface area contributed by atoms with Gasteiger partial charge in [0.05, 0.1) is 6.26 Å². The van der Waals surface area contributed by atoms with Gasteiger partial charge in [0.1, 0.15) is 0 Å². The molecule has 0 aliphatic heterocycles. The van der Waals surface area contributed by atoms with Crippen LogP contribution in [-0.4, -0.2) is 24.3 Å². The highest BCUT2D eigenvalue weighted by atomic mass is 16.3. The van der Waals surface area contributed by atoms with Crippen LogP contribution in [0.4, 0.5) is 11.4 Å². The van der Waals surface area contributed by atoms with Gasteiger partial charge >= 0.3 is 0 Å². The van der Waals surface area contributed by atoms with Crippen molar-refractivity contribution in [2.75, 3.05) is 17.2 Å². The van der Waals surface area contributed by atoms with Gasteiger partial charge in [-0.3, -0.25) is 14.4 Å². The number of benzene rings is 1. The summed E-state index contributed by atoms with van der Waals surface area (Å²) in [7, 11) is 0. The lowest BCUT2D eigenvalue weighted by molar-refractivity contribution is -0.119. The van der Waals surface area contributed by atoms with Gasteiger partial charge in [-0.2, -0.15) is 0 Å². The molecule has 1 aromatic heterocycles. The molecule has 0 atom stereocenters. The molecule has 0 aliphatic carbocycles. The molecule has 0 bridgehead atoms.